The third-order valence-corrected chi connectivity index (χ3v) is 5.75. The highest BCUT2D eigenvalue weighted by Crippen LogP contribution is 2.24. The van der Waals surface area contributed by atoms with Crippen LogP contribution in [0.1, 0.15) is 19.4 Å². The van der Waals surface area contributed by atoms with Gasteiger partial charge in [-0.2, -0.15) is 0 Å². The van der Waals surface area contributed by atoms with Gasteiger partial charge in [-0.3, -0.25) is 9.36 Å². The minimum Gasteiger partial charge on any atom is -0.496 e. The second-order valence-electron chi connectivity index (χ2n) is 8.21. The molecule has 0 spiro atoms. The molecule has 0 amide bonds. The highest BCUT2D eigenvalue weighted by Gasteiger charge is 2.34. The first-order valence-electron chi connectivity index (χ1n) is 10.4. The lowest BCUT2D eigenvalue weighted by Gasteiger charge is -2.24. The zero-order valence-corrected chi connectivity index (χ0v) is 18.7. The lowest BCUT2D eigenvalue weighted by atomic mass is 10.0. The molecule has 176 valence electrons. The van der Waals surface area contributed by atoms with E-state index in [-0.39, 0.29) is 24.2 Å². The second kappa shape index (κ2) is 8.62. The lowest BCUT2D eigenvalue weighted by Crippen LogP contribution is -2.52. The summed E-state index contributed by atoms with van der Waals surface area (Å²) in [4.78, 5) is 42.8. The normalized spacial score (nSPS) is 11.6. The van der Waals surface area contributed by atoms with Crippen LogP contribution >= 0.6 is 0 Å². The van der Waals surface area contributed by atoms with E-state index < -0.39 is 28.6 Å². The van der Waals surface area contributed by atoms with Gasteiger partial charge in [-0.1, -0.05) is 0 Å². The molecule has 0 atom stereocenters. The number of halogens is 1. The smallest absolute Gasteiger partial charge is 0.332 e. The Labute approximate surface area is 192 Å². The number of rotatable bonds is 7. The molecule has 0 aliphatic heterocycles. The minimum atomic E-state index is -1.82. The van der Waals surface area contributed by atoms with E-state index in [0.717, 1.165) is 4.57 Å². The summed E-state index contributed by atoms with van der Waals surface area (Å²) in [6.45, 7) is 2.60. The maximum atomic E-state index is 13.8. The second-order valence-corrected chi connectivity index (χ2v) is 8.21. The number of aliphatic carboxylic acids is 1. The minimum absolute atomic E-state index is 0.0451. The third-order valence-electron chi connectivity index (χ3n) is 5.75. The van der Waals surface area contributed by atoms with Crippen molar-refractivity contribution in [2.45, 2.75) is 32.4 Å². The number of ether oxygens (including phenoxy) is 1. The Balaban J connectivity index is 1.95. The number of methoxy groups -OCH3 is 1. The standard InChI is InChI=1S/C24H22FN3O6/c1-24(2,22(30)31)28-21(29)17-13-15(20-26-9-11-34-20)4-6-18(17)27(23(28)32)10-8-14-12-16(25)5-7-19(14)33-3/h4-7,9,11-13H,8,10H2,1-3H3,(H,30,31). The van der Waals surface area contributed by atoms with E-state index in [4.69, 9.17) is 9.15 Å². The molecular weight excluding hydrogens is 445 g/mol. The lowest BCUT2D eigenvalue weighted by molar-refractivity contribution is -0.146. The molecule has 0 radical (unpaired) electrons. The van der Waals surface area contributed by atoms with E-state index in [1.54, 1.807) is 12.1 Å². The molecule has 4 rings (SSSR count). The Bertz CT molecular complexity index is 1500. The number of nitrogens with zero attached hydrogens (tertiary/aromatic N) is 3. The molecular formula is C24H22FN3O6. The molecule has 0 bridgehead atoms. The van der Waals surface area contributed by atoms with Crippen molar-refractivity contribution in [2.75, 3.05) is 7.11 Å². The molecule has 0 saturated heterocycles. The number of hydrogen-bond acceptors (Lipinski definition) is 6. The average molecular weight is 467 g/mol. The molecule has 0 aliphatic carbocycles. The van der Waals surface area contributed by atoms with Gasteiger partial charge < -0.3 is 14.3 Å². The number of carbonyl (C=O) groups is 1. The number of benzene rings is 2. The van der Waals surface area contributed by atoms with Crippen LogP contribution < -0.4 is 16.0 Å². The van der Waals surface area contributed by atoms with Gasteiger partial charge in [0.1, 0.15) is 23.4 Å². The summed E-state index contributed by atoms with van der Waals surface area (Å²) in [5, 5.41) is 9.85. The predicted molar refractivity (Wildman–Crippen MR) is 122 cm³/mol. The SMILES string of the molecule is COc1ccc(F)cc1CCn1c(=O)n(C(C)(C)C(=O)O)c(=O)c2cc(-c3ncco3)ccc21. The van der Waals surface area contributed by atoms with Crippen LogP contribution in [0.15, 0.2) is 62.9 Å². The molecule has 0 unspecified atom stereocenters. The van der Waals surface area contributed by atoms with Crippen LogP contribution in [-0.2, 0) is 23.3 Å². The Morgan fingerprint density at radius 2 is 1.97 bits per heavy atom. The fourth-order valence-electron chi connectivity index (χ4n) is 3.85. The quantitative estimate of drug-likeness (QED) is 0.444. The van der Waals surface area contributed by atoms with Crippen molar-refractivity contribution in [3.05, 3.63) is 81.1 Å². The van der Waals surface area contributed by atoms with Gasteiger partial charge >= 0.3 is 11.7 Å². The first-order valence-corrected chi connectivity index (χ1v) is 10.4. The van der Waals surface area contributed by atoms with E-state index >= 15 is 0 Å². The monoisotopic (exact) mass is 467 g/mol. The summed E-state index contributed by atoms with van der Waals surface area (Å²) < 4.78 is 26.5. The molecule has 9 nitrogen and oxygen atoms in total. The van der Waals surface area contributed by atoms with Crippen LogP contribution in [0.25, 0.3) is 22.4 Å². The molecule has 2 heterocycles. The fraction of sp³-hybridized carbons (Fsp3) is 0.250. The van der Waals surface area contributed by atoms with Gasteiger partial charge in [0.15, 0.2) is 0 Å². The van der Waals surface area contributed by atoms with Gasteiger partial charge in [-0.15, -0.1) is 0 Å². The van der Waals surface area contributed by atoms with Crippen molar-refractivity contribution < 1.29 is 23.4 Å². The summed E-state index contributed by atoms with van der Waals surface area (Å²) in [6.07, 6.45) is 3.04. The average Bonchev–Trinajstić information content (AvgIpc) is 3.34. The Hall–Kier alpha value is -4.21. The highest BCUT2D eigenvalue weighted by atomic mass is 19.1. The molecule has 10 heteroatoms. The van der Waals surface area contributed by atoms with E-state index in [1.807, 2.05) is 0 Å². The molecule has 2 aromatic heterocycles. The first kappa shape index (κ1) is 23.0. The molecule has 2 aromatic carbocycles. The van der Waals surface area contributed by atoms with Crippen molar-refractivity contribution in [3.8, 4) is 17.2 Å². The Morgan fingerprint density at radius 3 is 2.62 bits per heavy atom. The summed E-state index contributed by atoms with van der Waals surface area (Å²) in [6, 6.07) is 8.81. The van der Waals surface area contributed by atoms with Gasteiger partial charge in [0.05, 0.1) is 24.2 Å². The maximum absolute atomic E-state index is 13.8. The van der Waals surface area contributed by atoms with Crippen molar-refractivity contribution in [1.82, 2.24) is 14.1 Å². The maximum Gasteiger partial charge on any atom is 0.332 e. The van der Waals surface area contributed by atoms with Crippen LogP contribution in [0, 0.1) is 5.82 Å². The number of carboxylic acid groups (broad SMARTS) is 1. The first-order chi connectivity index (χ1) is 16.1. The topological polar surface area (TPSA) is 117 Å². The van der Waals surface area contributed by atoms with E-state index in [1.165, 1.54) is 62.2 Å². The number of aromatic nitrogens is 3. The van der Waals surface area contributed by atoms with Gasteiger partial charge in [-0.05, 0) is 62.2 Å². The number of fused-ring (bicyclic) bond motifs is 1. The Kier molecular flexibility index (Phi) is 5.82. The third kappa shape index (κ3) is 3.87. The molecule has 0 fully saturated rings. The number of aryl methyl sites for hydroxylation is 2. The molecule has 34 heavy (non-hydrogen) atoms. The summed E-state index contributed by atoms with van der Waals surface area (Å²) in [7, 11) is 1.46. The summed E-state index contributed by atoms with van der Waals surface area (Å²) in [5.41, 5.74) is -2.04. The van der Waals surface area contributed by atoms with Crippen molar-refractivity contribution >= 4 is 16.9 Å². The van der Waals surface area contributed by atoms with Crippen LogP contribution in [0.3, 0.4) is 0 Å². The Morgan fingerprint density at radius 1 is 1.21 bits per heavy atom. The van der Waals surface area contributed by atoms with Gasteiger partial charge in [0.2, 0.25) is 5.89 Å². The highest BCUT2D eigenvalue weighted by molar-refractivity contribution is 5.83. The van der Waals surface area contributed by atoms with E-state index in [9.17, 15) is 23.9 Å². The molecule has 4 aromatic rings. The van der Waals surface area contributed by atoms with Crippen molar-refractivity contribution in [3.63, 3.8) is 0 Å². The zero-order valence-electron chi connectivity index (χ0n) is 18.7. The van der Waals surface area contributed by atoms with E-state index in [2.05, 4.69) is 4.98 Å². The van der Waals surface area contributed by atoms with Gasteiger partial charge in [0.25, 0.3) is 5.56 Å². The summed E-state index contributed by atoms with van der Waals surface area (Å²) in [5.74, 6) is -1.08. The number of hydrogen-bond donors (Lipinski definition) is 1. The molecule has 0 aliphatic rings. The predicted octanol–water partition coefficient (Wildman–Crippen LogP) is 3.03. The van der Waals surface area contributed by atoms with Crippen molar-refractivity contribution in [1.29, 1.82) is 0 Å². The van der Waals surface area contributed by atoms with Gasteiger partial charge in [0, 0.05) is 12.1 Å². The van der Waals surface area contributed by atoms with Crippen LogP contribution in [-0.4, -0.2) is 32.3 Å². The fourth-order valence-corrected chi connectivity index (χ4v) is 3.85. The van der Waals surface area contributed by atoms with Crippen molar-refractivity contribution in [2.24, 2.45) is 0 Å². The summed E-state index contributed by atoms with van der Waals surface area (Å²) >= 11 is 0. The van der Waals surface area contributed by atoms with Gasteiger partial charge in [-0.25, -0.2) is 23.5 Å². The zero-order chi connectivity index (χ0) is 24.6. The van der Waals surface area contributed by atoms with Crippen LogP contribution in [0.4, 0.5) is 4.39 Å². The van der Waals surface area contributed by atoms with Crippen LogP contribution in [0.2, 0.25) is 0 Å². The largest absolute Gasteiger partial charge is 0.496 e. The molecule has 0 saturated carbocycles. The molecule has 1 N–H and O–H groups in total. The van der Waals surface area contributed by atoms with Crippen LogP contribution in [0.5, 0.6) is 5.75 Å². The van der Waals surface area contributed by atoms with E-state index in [0.29, 0.717) is 22.4 Å². The number of carboxylic acids is 1. The number of oxazole rings is 1.